The molecule has 0 saturated heterocycles. The Morgan fingerprint density at radius 1 is 1.19 bits per heavy atom. The van der Waals surface area contributed by atoms with Gasteiger partial charge in [0.05, 0.1) is 9.26 Å². The molecule has 112 valence electrons. The molecule has 0 aliphatic heterocycles. The first-order chi connectivity index (χ1) is 9.72. The van der Waals surface area contributed by atoms with Crippen LogP contribution in [0.4, 0.5) is 10.2 Å². The van der Waals surface area contributed by atoms with E-state index in [4.69, 9.17) is 0 Å². The van der Waals surface area contributed by atoms with E-state index < -0.39 is 0 Å². The third-order valence-corrected chi connectivity index (χ3v) is 4.40. The van der Waals surface area contributed by atoms with Crippen LogP contribution in [0.15, 0.2) is 22.7 Å². The fraction of sp³-hybridized carbons (Fsp3) is 0.333. The van der Waals surface area contributed by atoms with E-state index in [1.165, 1.54) is 12.1 Å². The Morgan fingerprint density at radius 2 is 1.86 bits per heavy atom. The first-order valence-corrected chi connectivity index (χ1v) is 8.32. The van der Waals surface area contributed by atoms with Crippen LogP contribution in [0.1, 0.15) is 26.5 Å². The molecular formula is C15H16BrFIN3. The van der Waals surface area contributed by atoms with Gasteiger partial charge in [-0.3, -0.25) is 0 Å². The maximum absolute atomic E-state index is 13.6. The number of rotatable bonds is 2. The van der Waals surface area contributed by atoms with Crippen LogP contribution in [0.5, 0.6) is 0 Å². The second kappa shape index (κ2) is 6.16. The van der Waals surface area contributed by atoms with E-state index in [9.17, 15) is 4.39 Å². The van der Waals surface area contributed by atoms with E-state index in [2.05, 4.69) is 74.6 Å². The van der Waals surface area contributed by atoms with Crippen molar-refractivity contribution in [2.75, 3.05) is 12.4 Å². The van der Waals surface area contributed by atoms with Crippen molar-refractivity contribution in [2.24, 2.45) is 0 Å². The zero-order valence-electron chi connectivity index (χ0n) is 12.3. The van der Waals surface area contributed by atoms with Crippen molar-refractivity contribution >= 4 is 44.3 Å². The molecule has 0 atom stereocenters. The van der Waals surface area contributed by atoms with Gasteiger partial charge in [-0.05, 0) is 40.8 Å². The smallest absolute Gasteiger partial charge is 0.161 e. The van der Waals surface area contributed by atoms with Crippen LogP contribution in [-0.2, 0) is 5.41 Å². The molecule has 0 saturated carbocycles. The highest BCUT2D eigenvalue weighted by Crippen LogP contribution is 2.32. The molecule has 0 unspecified atom stereocenters. The van der Waals surface area contributed by atoms with E-state index in [0.717, 1.165) is 15.1 Å². The van der Waals surface area contributed by atoms with Crippen molar-refractivity contribution in [3.05, 3.63) is 37.8 Å². The van der Waals surface area contributed by atoms with Crippen LogP contribution >= 0.6 is 38.5 Å². The van der Waals surface area contributed by atoms with Crippen molar-refractivity contribution in [3.63, 3.8) is 0 Å². The van der Waals surface area contributed by atoms with E-state index in [1.54, 1.807) is 0 Å². The first kappa shape index (κ1) is 16.6. The summed E-state index contributed by atoms with van der Waals surface area (Å²) >= 11 is 5.55. The standard InChI is InChI=1S/C15H16BrFIN3/c1-15(2,3)12-11(18)14(19-4)21-13(20-12)8-5-9(16)7-10(17)6-8/h5-7H,1-4H3,(H,19,20,21). The average molecular weight is 464 g/mol. The monoisotopic (exact) mass is 463 g/mol. The van der Waals surface area contributed by atoms with Crippen molar-refractivity contribution in [3.8, 4) is 11.4 Å². The molecule has 0 fully saturated rings. The summed E-state index contributed by atoms with van der Waals surface area (Å²) in [6.07, 6.45) is 0. The van der Waals surface area contributed by atoms with E-state index >= 15 is 0 Å². The second-order valence-electron chi connectivity index (χ2n) is 5.72. The minimum absolute atomic E-state index is 0.121. The molecular weight excluding hydrogens is 448 g/mol. The third-order valence-electron chi connectivity index (χ3n) is 2.92. The highest BCUT2D eigenvalue weighted by molar-refractivity contribution is 14.1. The fourth-order valence-corrected chi connectivity index (χ4v) is 3.71. The van der Waals surface area contributed by atoms with Crippen LogP contribution in [0.25, 0.3) is 11.4 Å². The molecule has 2 aromatic rings. The topological polar surface area (TPSA) is 37.8 Å². The highest BCUT2D eigenvalue weighted by atomic mass is 127. The summed E-state index contributed by atoms with van der Waals surface area (Å²) in [5, 5.41) is 3.08. The van der Waals surface area contributed by atoms with Gasteiger partial charge in [0, 0.05) is 22.5 Å². The minimum Gasteiger partial charge on any atom is -0.372 e. The second-order valence-corrected chi connectivity index (χ2v) is 7.71. The van der Waals surface area contributed by atoms with Gasteiger partial charge in [-0.25, -0.2) is 14.4 Å². The maximum Gasteiger partial charge on any atom is 0.161 e. The minimum atomic E-state index is -0.315. The van der Waals surface area contributed by atoms with Crippen LogP contribution in [0, 0.1) is 9.39 Å². The molecule has 6 heteroatoms. The molecule has 0 aliphatic rings. The largest absolute Gasteiger partial charge is 0.372 e. The Kier molecular flexibility index (Phi) is 4.87. The maximum atomic E-state index is 13.6. The number of hydrogen-bond donors (Lipinski definition) is 1. The van der Waals surface area contributed by atoms with Gasteiger partial charge < -0.3 is 5.32 Å². The van der Waals surface area contributed by atoms with Gasteiger partial charge in [0.15, 0.2) is 5.82 Å². The number of nitrogens with zero attached hydrogens (tertiary/aromatic N) is 2. The van der Waals surface area contributed by atoms with Crippen LogP contribution in [0.3, 0.4) is 0 Å². The highest BCUT2D eigenvalue weighted by Gasteiger charge is 2.23. The summed E-state index contributed by atoms with van der Waals surface area (Å²) in [4.78, 5) is 9.16. The predicted octanol–water partition coefficient (Wildman–Crippen LogP) is 4.99. The molecule has 0 aliphatic carbocycles. The zero-order valence-corrected chi connectivity index (χ0v) is 16.0. The molecule has 2 rings (SSSR count). The van der Waals surface area contributed by atoms with Gasteiger partial charge >= 0.3 is 0 Å². The van der Waals surface area contributed by atoms with Crippen molar-refractivity contribution < 1.29 is 4.39 Å². The summed E-state index contributed by atoms with van der Waals surface area (Å²) in [6.45, 7) is 6.30. The summed E-state index contributed by atoms with van der Waals surface area (Å²) in [7, 11) is 1.82. The van der Waals surface area contributed by atoms with Crippen molar-refractivity contribution in [2.45, 2.75) is 26.2 Å². The molecule has 1 aromatic heterocycles. The van der Waals surface area contributed by atoms with Gasteiger partial charge in [0.2, 0.25) is 0 Å². The van der Waals surface area contributed by atoms with Crippen LogP contribution < -0.4 is 5.32 Å². The van der Waals surface area contributed by atoms with Crippen molar-refractivity contribution in [1.29, 1.82) is 0 Å². The summed E-state index contributed by atoms with van der Waals surface area (Å²) in [5.74, 6) is 0.959. The first-order valence-electron chi connectivity index (χ1n) is 6.44. The summed E-state index contributed by atoms with van der Waals surface area (Å²) in [5.41, 5.74) is 1.47. The quantitative estimate of drug-likeness (QED) is 0.637. The lowest BCUT2D eigenvalue weighted by Crippen LogP contribution is -2.18. The molecule has 1 aromatic carbocycles. The number of nitrogens with one attached hydrogen (secondary N) is 1. The molecule has 1 heterocycles. The molecule has 0 bridgehead atoms. The molecule has 0 amide bonds. The molecule has 1 N–H and O–H groups in total. The summed E-state index contributed by atoms with van der Waals surface area (Å²) < 4.78 is 15.3. The van der Waals surface area contributed by atoms with E-state index in [1.807, 2.05) is 13.1 Å². The van der Waals surface area contributed by atoms with Gasteiger partial charge in [-0.15, -0.1) is 0 Å². The number of hydrogen-bond acceptors (Lipinski definition) is 3. The van der Waals surface area contributed by atoms with Gasteiger partial charge in [0.25, 0.3) is 0 Å². The Morgan fingerprint density at radius 3 is 2.38 bits per heavy atom. The van der Waals surface area contributed by atoms with E-state index in [0.29, 0.717) is 15.9 Å². The number of halogens is 3. The number of anilines is 1. The Labute approximate surface area is 146 Å². The van der Waals surface area contributed by atoms with Crippen molar-refractivity contribution in [1.82, 2.24) is 9.97 Å². The Hall–Kier alpha value is -0.760. The van der Waals surface area contributed by atoms with E-state index in [-0.39, 0.29) is 11.2 Å². The zero-order chi connectivity index (χ0) is 15.8. The van der Waals surface area contributed by atoms with Gasteiger partial charge in [-0.2, -0.15) is 0 Å². The summed E-state index contributed by atoms with van der Waals surface area (Å²) in [6, 6.07) is 4.68. The van der Waals surface area contributed by atoms with Gasteiger partial charge in [0.1, 0.15) is 11.6 Å². The third kappa shape index (κ3) is 3.71. The lowest BCUT2D eigenvalue weighted by Gasteiger charge is -2.21. The lowest BCUT2D eigenvalue weighted by molar-refractivity contribution is 0.564. The Balaban J connectivity index is 2.69. The predicted molar refractivity (Wildman–Crippen MR) is 96.1 cm³/mol. The number of benzene rings is 1. The van der Waals surface area contributed by atoms with Crippen LogP contribution in [0.2, 0.25) is 0 Å². The molecule has 21 heavy (non-hydrogen) atoms. The molecule has 0 radical (unpaired) electrons. The van der Waals surface area contributed by atoms with Gasteiger partial charge in [-0.1, -0.05) is 36.7 Å². The number of aromatic nitrogens is 2. The lowest BCUT2D eigenvalue weighted by atomic mass is 9.91. The Bertz CT molecular complexity index is 663. The fourth-order valence-electron chi connectivity index (χ4n) is 1.92. The molecule has 3 nitrogen and oxygen atoms in total. The SMILES string of the molecule is CNc1nc(-c2cc(F)cc(Br)c2)nc(C(C)(C)C)c1I. The average Bonchev–Trinajstić information content (AvgIpc) is 2.36. The van der Waals surface area contributed by atoms with Crippen LogP contribution in [-0.4, -0.2) is 17.0 Å². The molecule has 0 spiro atoms. The normalized spacial score (nSPS) is 11.6.